The van der Waals surface area contributed by atoms with Crippen LogP contribution < -0.4 is 5.32 Å². The molecular weight excluding hydrogens is 511 g/mol. The van der Waals surface area contributed by atoms with Gasteiger partial charge in [-0.2, -0.15) is 18.4 Å². The predicted octanol–water partition coefficient (Wildman–Crippen LogP) is 7.42. The van der Waals surface area contributed by atoms with Crippen molar-refractivity contribution in [1.82, 2.24) is 4.90 Å². The van der Waals surface area contributed by atoms with Crippen LogP contribution in [0.4, 0.5) is 18.9 Å². The molecule has 202 valence electrons. The molecule has 1 amide bonds. The Morgan fingerprint density at radius 1 is 1.21 bits per heavy atom. The molecule has 4 nitrogen and oxygen atoms in total. The van der Waals surface area contributed by atoms with E-state index in [-0.39, 0.29) is 33.9 Å². The molecule has 5 rings (SSSR count). The standard InChI is InChI=1S/C30H33ClF3N3O/c31-27-9-8-24(17-26(27)30(32,33)34)36-28(38)25(7-4-14-37-12-1-2-13-37)21-10-11-29(18-23(29)16-21)22-6-3-5-20(15-22)19-35/h3,5-6,8-9,15,17,21,23,25H,1-2,4,7,10-14,16,18H2,(H,36,38)/t21-,23?,25?,29?/m1/s1. The van der Waals surface area contributed by atoms with Crippen molar-refractivity contribution in [2.45, 2.75) is 63.0 Å². The van der Waals surface area contributed by atoms with E-state index in [0.717, 1.165) is 64.2 Å². The number of halogens is 4. The number of carbonyl (C=O) groups excluding carboxylic acids is 1. The maximum atomic E-state index is 13.6. The fourth-order valence-electron chi connectivity index (χ4n) is 6.86. The van der Waals surface area contributed by atoms with E-state index in [4.69, 9.17) is 11.6 Å². The van der Waals surface area contributed by atoms with Gasteiger partial charge in [0.15, 0.2) is 0 Å². The molecule has 1 saturated heterocycles. The van der Waals surface area contributed by atoms with Gasteiger partial charge in [-0.15, -0.1) is 0 Å². The molecule has 3 aliphatic rings. The number of nitrogens with zero attached hydrogens (tertiary/aromatic N) is 2. The van der Waals surface area contributed by atoms with Gasteiger partial charge in [-0.25, -0.2) is 0 Å². The van der Waals surface area contributed by atoms with Crippen LogP contribution in [0.2, 0.25) is 5.02 Å². The largest absolute Gasteiger partial charge is 0.417 e. The smallest absolute Gasteiger partial charge is 0.326 e. The fourth-order valence-corrected chi connectivity index (χ4v) is 7.09. The number of likely N-dealkylation sites (tertiary alicyclic amines) is 1. The minimum Gasteiger partial charge on any atom is -0.326 e. The first-order chi connectivity index (χ1) is 18.2. The molecule has 1 aliphatic heterocycles. The number of amides is 1. The Balaban J connectivity index is 1.30. The molecule has 0 aromatic heterocycles. The van der Waals surface area contributed by atoms with Gasteiger partial charge in [0.1, 0.15) is 0 Å². The number of carbonyl (C=O) groups is 1. The van der Waals surface area contributed by atoms with Crippen LogP contribution in [0, 0.1) is 29.1 Å². The summed E-state index contributed by atoms with van der Waals surface area (Å²) in [5.74, 6) is 0.192. The quantitative estimate of drug-likeness (QED) is 0.377. The van der Waals surface area contributed by atoms with Crippen LogP contribution in [0.1, 0.15) is 68.1 Å². The Hall–Kier alpha value is -2.56. The lowest BCUT2D eigenvalue weighted by Crippen LogP contribution is -2.34. The SMILES string of the molecule is N#Cc1cccc(C23CC[C@@H](C(CCCN4CCCC4)C(=O)Nc4ccc(Cl)c(C(F)(F)F)c4)CC2C3)c1. The Labute approximate surface area is 227 Å². The van der Waals surface area contributed by atoms with Crippen molar-refractivity contribution in [1.29, 1.82) is 5.26 Å². The van der Waals surface area contributed by atoms with Crippen molar-refractivity contribution >= 4 is 23.2 Å². The average molecular weight is 544 g/mol. The van der Waals surface area contributed by atoms with Gasteiger partial charge in [-0.3, -0.25) is 4.79 Å². The zero-order valence-corrected chi connectivity index (χ0v) is 22.1. The molecule has 4 atom stereocenters. The number of anilines is 1. The molecule has 1 N–H and O–H groups in total. The highest BCUT2D eigenvalue weighted by Crippen LogP contribution is 2.64. The van der Waals surface area contributed by atoms with Gasteiger partial charge in [0.25, 0.3) is 0 Å². The molecule has 8 heteroatoms. The first-order valence-corrected chi connectivity index (χ1v) is 14.0. The van der Waals surface area contributed by atoms with Gasteiger partial charge in [0.05, 0.1) is 22.2 Å². The monoisotopic (exact) mass is 543 g/mol. The lowest BCUT2D eigenvalue weighted by atomic mass is 9.72. The number of nitriles is 1. The van der Waals surface area contributed by atoms with Crippen LogP contribution in [-0.4, -0.2) is 30.4 Å². The third-order valence-electron chi connectivity index (χ3n) is 8.98. The Morgan fingerprint density at radius 3 is 2.71 bits per heavy atom. The average Bonchev–Trinajstić information content (AvgIpc) is 3.41. The van der Waals surface area contributed by atoms with Gasteiger partial charge in [0, 0.05) is 11.6 Å². The molecule has 38 heavy (non-hydrogen) atoms. The first-order valence-electron chi connectivity index (χ1n) is 13.6. The minimum atomic E-state index is -4.59. The van der Waals surface area contributed by atoms with Gasteiger partial charge in [0.2, 0.25) is 5.91 Å². The highest BCUT2D eigenvalue weighted by Gasteiger charge is 2.58. The van der Waals surface area contributed by atoms with E-state index in [0.29, 0.717) is 11.5 Å². The number of hydrogen-bond donors (Lipinski definition) is 1. The molecule has 0 radical (unpaired) electrons. The summed E-state index contributed by atoms with van der Waals surface area (Å²) < 4.78 is 40.1. The molecule has 2 saturated carbocycles. The van der Waals surface area contributed by atoms with E-state index in [1.54, 1.807) is 0 Å². The van der Waals surface area contributed by atoms with Gasteiger partial charge in [-0.05, 0) is 124 Å². The highest BCUT2D eigenvalue weighted by molar-refractivity contribution is 6.31. The summed E-state index contributed by atoms with van der Waals surface area (Å²) >= 11 is 5.78. The summed E-state index contributed by atoms with van der Waals surface area (Å²) in [4.78, 5) is 16.0. The Kier molecular flexibility index (Phi) is 7.75. The third kappa shape index (κ3) is 5.72. The summed E-state index contributed by atoms with van der Waals surface area (Å²) in [5.41, 5.74) is 1.17. The Bertz CT molecular complexity index is 1220. The maximum absolute atomic E-state index is 13.6. The number of nitrogens with one attached hydrogen (secondary N) is 1. The summed E-state index contributed by atoms with van der Waals surface area (Å²) in [6, 6.07) is 13.7. The van der Waals surface area contributed by atoms with Gasteiger partial charge in [-0.1, -0.05) is 23.7 Å². The van der Waals surface area contributed by atoms with Crippen molar-refractivity contribution in [3.8, 4) is 6.07 Å². The van der Waals surface area contributed by atoms with Gasteiger partial charge < -0.3 is 10.2 Å². The van der Waals surface area contributed by atoms with E-state index in [9.17, 15) is 23.2 Å². The molecule has 3 unspecified atom stereocenters. The van der Waals surface area contributed by atoms with E-state index < -0.39 is 11.7 Å². The highest BCUT2D eigenvalue weighted by atomic mass is 35.5. The predicted molar refractivity (Wildman–Crippen MR) is 142 cm³/mol. The zero-order valence-electron chi connectivity index (χ0n) is 21.4. The molecule has 1 heterocycles. The van der Waals surface area contributed by atoms with E-state index >= 15 is 0 Å². The van der Waals surface area contributed by atoms with Gasteiger partial charge >= 0.3 is 6.18 Å². The Morgan fingerprint density at radius 2 is 2.00 bits per heavy atom. The fraction of sp³-hybridized carbons (Fsp3) is 0.533. The molecule has 0 bridgehead atoms. The summed E-state index contributed by atoms with van der Waals surface area (Å²) in [7, 11) is 0. The van der Waals surface area contributed by atoms with Crippen molar-refractivity contribution in [2.75, 3.05) is 25.0 Å². The number of fused-ring (bicyclic) bond motifs is 1. The van der Waals surface area contributed by atoms with Crippen LogP contribution in [0.3, 0.4) is 0 Å². The molecule has 0 spiro atoms. The number of rotatable bonds is 8. The second-order valence-electron chi connectivity index (χ2n) is 11.3. The van der Waals surface area contributed by atoms with Crippen molar-refractivity contribution in [2.24, 2.45) is 17.8 Å². The maximum Gasteiger partial charge on any atom is 0.417 e. The van der Waals surface area contributed by atoms with Crippen molar-refractivity contribution < 1.29 is 18.0 Å². The van der Waals surface area contributed by atoms with E-state index in [2.05, 4.69) is 22.4 Å². The number of benzene rings is 2. The number of alkyl halides is 3. The third-order valence-corrected chi connectivity index (χ3v) is 9.31. The second kappa shape index (κ2) is 10.9. The molecule has 2 aromatic carbocycles. The lowest BCUT2D eigenvalue weighted by Gasteiger charge is -2.34. The normalized spacial score (nSPS) is 25.9. The molecule has 3 fully saturated rings. The molecule has 2 aromatic rings. The first kappa shape index (κ1) is 27.0. The summed E-state index contributed by atoms with van der Waals surface area (Å²) in [6.45, 7) is 3.14. The minimum absolute atomic E-state index is 0.0950. The van der Waals surface area contributed by atoms with Crippen LogP contribution in [0.5, 0.6) is 0 Å². The summed E-state index contributed by atoms with van der Waals surface area (Å²) in [5, 5.41) is 11.7. The zero-order chi connectivity index (χ0) is 26.9. The summed E-state index contributed by atoms with van der Waals surface area (Å²) in [6.07, 6.45) is 3.28. The van der Waals surface area contributed by atoms with Crippen LogP contribution in [0.25, 0.3) is 0 Å². The van der Waals surface area contributed by atoms with Crippen LogP contribution in [-0.2, 0) is 16.4 Å². The topological polar surface area (TPSA) is 56.1 Å². The second-order valence-corrected chi connectivity index (χ2v) is 11.7. The van der Waals surface area contributed by atoms with E-state index in [1.807, 2.05) is 18.2 Å². The van der Waals surface area contributed by atoms with Crippen molar-refractivity contribution in [3.05, 3.63) is 64.2 Å². The van der Waals surface area contributed by atoms with E-state index in [1.165, 1.54) is 30.5 Å². The molecular formula is C30H33ClF3N3O. The molecule has 2 aliphatic carbocycles. The van der Waals surface area contributed by atoms with Crippen LogP contribution in [0.15, 0.2) is 42.5 Å². The number of hydrogen-bond acceptors (Lipinski definition) is 3. The van der Waals surface area contributed by atoms with Crippen LogP contribution >= 0.6 is 11.6 Å². The lowest BCUT2D eigenvalue weighted by molar-refractivity contribution is -0.137. The van der Waals surface area contributed by atoms with Crippen molar-refractivity contribution in [3.63, 3.8) is 0 Å².